The standard InChI is InChI=1S/C17H16Cl2N4O/c1-10-7-15(12(8-20)11(2)21-10)23(3)9-16(24)22-17-13(18)5-4-6-14(17)19/h4-7H,9H2,1-3H3,(H,22,24). The SMILES string of the molecule is Cc1cc(N(C)CC(=O)Nc2c(Cl)cccc2Cl)c(C#N)c(C)n1. The third-order valence-corrected chi connectivity index (χ3v) is 4.07. The van der Waals surface area contributed by atoms with Crippen LogP contribution in [0.25, 0.3) is 0 Å². The molecule has 0 saturated heterocycles. The smallest absolute Gasteiger partial charge is 0.243 e. The van der Waals surface area contributed by atoms with Gasteiger partial charge in [-0.15, -0.1) is 0 Å². The molecule has 0 fully saturated rings. The molecule has 7 heteroatoms. The fraction of sp³-hybridized carbons (Fsp3) is 0.235. The summed E-state index contributed by atoms with van der Waals surface area (Å²) in [6.45, 7) is 3.65. The lowest BCUT2D eigenvalue weighted by molar-refractivity contribution is -0.114. The predicted octanol–water partition coefficient (Wildman–Crippen LogP) is 3.95. The number of carbonyl (C=O) groups excluding carboxylic acids is 1. The van der Waals surface area contributed by atoms with E-state index >= 15 is 0 Å². The second kappa shape index (κ2) is 7.52. The van der Waals surface area contributed by atoms with E-state index in [9.17, 15) is 10.1 Å². The summed E-state index contributed by atoms with van der Waals surface area (Å²) in [6.07, 6.45) is 0. The van der Waals surface area contributed by atoms with Crippen LogP contribution in [-0.4, -0.2) is 24.5 Å². The Balaban J connectivity index is 2.20. The number of nitriles is 1. The minimum Gasteiger partial charge on any atom is -0.364 e. The van der Waals surface area contributed by atoms with E-state index in [4.69, 9.17) is 23.2 Å². The maximum atomic E-state index is 12.3. The number of rotatable bonds is 4. The van der Waals surface area contributed by atoms with Crippen molar-refractivity contribution >= 4 is 40.5 Å². The lowest BCUT2D eigenvalue weighted by Gasteiger charge is -2.21. The molecule has 0 aliphatic carbocycles. The van der Waals surface area contributed by atoms with E-state index in [2.05, 4.69) is 16.4 Å². The van der Waals surface area contributed by atoms with Crippen molar-refractivity contribution in [2.24, 2.45) is 0 Å². The summed E-state index contributed by atoms with van der Waals surface area (Å²) in [5, 5.41) is 12.8. The van der Waals surface area contributed by atoms with Crippen molar-refractivity contribution in [1.82, 2.24) is 4.98 Å². The van der Waals surface area contributed by atoms with Gasteiger partial charge in [0, 0.05) is 12.7 Å². The fourth-order valence-corrected chi connectivity index (χ4v) is 2.84. The minimum absolute atomic E-state index is 0.0408. The molecule has 0 aliphatic rings. The minimum atomic E-state index is -0.288. The van der Waals surface area contributed by atoms with E-state index in [0.717, 1.165) is 5.69 Å². The summed E-state index contributed by atoms with van der Waals surface area (Å²) in [6, 6.07) is 8.91. The van der Waals surface area contributed by atoms with Crippen LogP contribution in [0.3, 0.4) is 0 Å². The second-order valence-corrected chi connectivity index (χ2v) is 6.17. The lowest BCUT2D eigenvalue weighted by atomic mass is 10.1. The van der Waals surface area contributed by atoms with Gasteiger partial charge < -0.3 is 10.2 Å². The van der Waals surface area contributed by atoms with E-state index in [1.54, 1.807) is 43.1 Å². The highest BCUT2D eigenvalue weighted by Gasteiger charge is 2.16. The largest absolute Gasteiger partial charge is 0.364 e. The number of hydrogen-bond donors (Lipinski definition) is 1. The zero-order valence-electron chi connectivity index (χ0n) is 13.5. The topological polar surface area (TPSA) is 69.0 Å². The molecule has 0 saturated carbocycles. The Hall–Kier alpha value is -2.29. The zero-order valence-corrected chi connectivity index (χ0v) is 15.0. The van der Waals surface area contributed by atoms with Crippen LogP contribution in [0.4, 0.5) is 11.4 Å². The van der Waals surface area contributed by atoms with E-state index in [1.807, 2.05) is 6.92 Å². The highest BCUT2D eigenvalue weighted by atomic mass is 35.5. The molecule has 1 aromatic carbocycles. The zero-order chi connectivity index (χ0) is 17.9. The van der Waals surface area contributed by atoms with Crippen LogP contribution in [0.2, 0.25) is 10.0 Å². The monoisotopic (exact) mass is 362 g/mol. The van der Waals surface area contributed by atoms with Gasteiger partial charge in [0.25, 0.3) is 0 Å². The summed E-state index contributed by atoms with van der Waals surface area (Å²) < 4.78 is 0. The van der Waals surface area contributed by atoms with Crippen molar-refractivity contribution in [2.45, 2.75) is 13.8 Å². The van der Waals surface area contributed by atoms with Gasteiger partial charge in [-0.3, -0.25) is 9.78 Å². The number of nitrogens with one attached hydrogen (secondary N) is 1. The average Bonchev–Trinajstić information content (AvgIpc) is 2.50. The van der Waals surface area contributed by atoms with Crippen molar-refractivity contribution in [3.8, 4) is 6.07 Å². The number of aryl methyl sites for hydroxylation is 2. The van der Waals surface area contributed by atoms with Gasteiger partial charge >= 0.3 is 0 Å². The quantitative estimate of drug-likeness (QED) is 0.893. The van der Waals surface area contributed by atoms with Crippen molar-refractivity contribution in [3.63, 3.8) is 0 Å². The Labute approximate surface area is 150 Å². The molecule has 1 N–H and O–H groups in total. The Morgan fingerprint density at radius 1 is 1.33 bits per heavy atom. The highest BCUT2D eigenvalue weighted by molar-refractivity contribution is 6.39. The fourth-order valence-electron chi connectivity index (χ4n) is 2.34. The molecule has 0 radical (unpaired) electrons. The van der Waals surface area contributed by atoms with Crippen LogP contribution in [0.15, 0.2) is 24.3 Å². The molecule has 2 rings (SSSR count). The number of amides is 1. The number of pyridine rings is 1. The van der Waals surface area contributed by atoms with Crippen molar-refractivity contribution in [1.29, 1.82) is 5.26 Å². The molecule has 5 nitrogen and oxygen atoms in total. The molecule has 0 atom stereocenters. The predicted molar refractivity (Wildman–Crippen MR) is 96.8 cm³/mol. The van der Waals surface area contributed by atoms with Crippen molar-refractivity contribution in [3.05, 3.63) is 51.3 Å². The summed E-state index contributed by atoms with van der Waals surface area (Å²) in [5.41, 5.74) is 2.90. The summed E-state index contributed by atoms with van der Waals surface area (Å²) in [4.78, 5) is 18.3. The number of aromatic nitrogens is 1. The van der Waals surface area contributed by atoms with Gasteiger partial charge in [-0.2, -0.15) is 5.26 Å². The molecule has 124 valence electrons. The number of benzene rings is 1. The van der Waals surface area contributed by atoms with Crippen molar-refractivity contribution in [2.75, 3.05) is 23.8 Å². The summed E-state index contributed by atoms with van der Waals surface area (Å²) in [5.74, 6) is -0.288. The number of hydrogen-bond acceptors (Lipinski definition) is 4. The number of likely N-dealkylation sites (N-methyl/N-ethyl adjacent to an activating group) is 1. The molecule has 1 aromatic heterocycles. The van der Waals surface area contributed by atoms with Gasteiger partial charge in [-0.05, 0) is 32.0 Å². The molecule has 2 aromatic rings. The molecular weight excluding hydrogens is 347 g/mol. The highest BCUT2D eigenvalue weighted by Crippen LogP contribution is 2.30. The van der Waals surface area contributed by atoms with Gasteiger partial charge in [-0.1, -0.05) is 29.3 Å². The first-order chi connectivity index (χ1) is 11.3. The third kappa shape index (κ3) is 3.97. The summed E-state index contributed by atoms with van der Waals surface area (Å²) >= 11 is 12.1. The van der Waals surface area contributed by atoms with E-state index < -0.39 is 0 Å². The maximum absolute atomic E-state index is 12.3. The molecule has 1 heterocycles. The Morgan fingerprint density at radius 2 is 1.96 bits per heavy atom. The molecule has 0 bridgehead atoms. The van der Waals surface area contributed by atoms with Crippen LogP contribution in [0.1, 0.15) is 17.0 Å². The van der Waals surface area contributed by atoms with Crippen molar-refractivity contribution < 1.29 is 4.79 Å². The average molecular weight is 363 g/mol. The molecular formula is C17H16Cl2N4O. The van der Waals surface area contributed by atoms with E-state index in [0.29, 0.717) is 32.7 Å². The number of anilines is 2. The first kappa shape index (κ1) is 18.1. The molecule has 24 heavy (non-hydrogen) atoms. The van der Waals surface area contributed by atoms with Gasteiger partial charge in [-0.25, -0.2) is 0 Å². The van der Waals surface area contributed by atoms with E-state index in [-0.39, 0.29) is 12.5 Å². The number of carbonyl (C=O) groups is 1. The Bertz CT molecular complexity index is 810. The van der Waals surface area contributed by atoms with Crippen LogP contribution < -0.4 is 10.2 Å². The molecule has 0 unspecified atom stereocenters. The van der Waals surface area contributed by atoms with Crippen LogP contribution in [0.5, 0.6) is 0 Å². The normalized spacial score (nSPS) is 10.2. The number of nitrogens with zero attached hydrogens (tertiary/aromatic N) is 3. The third-order valence-electron chi connectivity index (χ3n) is 3.44. The second-order valence-electron chi connectivity index (χ2n) is 5.36. The molecule has 0 spiro atoms. The first-order valence-corrected chi connectivity index (χ1v) is 7.92. The van der Waals surface area contributed by atoms with E-state index in [1.165, 1.54) is 0 Å². The van der Waals surface area contributed by atoms with Crippen LogP contribution >= 0.6 is 23.2 Å². The van der Waals surface area contributed by atoms with Gasteiger partial charge in [0.05, 0.1) is 39.2 Å². The lowest BCUT2D eigenvalue weighted by Crippen LogP contribution is -2.31. The number of para-hydroxylation sites is 1. The molecule has 0 aliphatic heterocycles. The maximum Gasteiger partial charge on any atom is 0.243 e. The van der Waals surface area contributed by atoms with Crippen LogP contribution in [0, 0.1) is 25.2 Å². The Kier molecular flexibility index (Phi) is 5.66. The first-order valence-electron chi connectivity index (χ1n) is 7.16. The van der Waals surface area contributed by atoms with Gasteiger partial charge in [0.1, 0.15) is 6.07 Å². The van der Waals surface area contributed by atoms with Gasteiger partial charge in [0.2, 0.25) is 5.91 Å². The van der Waals surface area contributed by atoms with Crippen LogP contribution in [-0.2, 0) is 4.79 Å². The van der Waals surface area contributed by atoms with Gasteiger partial charge in [0.15, 0.2) is 0 Å². The Morgan fingerprint density at radius 3 is 2.54 bits per heavy atom. The number of halogens is 2. The molecule has 1 amide bonds. The summed E-state index contributed by atoms with van der Waals surface area (Å²) in [7, 11) is 1.74.